The molecule has 0 unspecified atom stereocenters. The summed E-state index contributed by atoms with van der Waals surface area (Å²) in [6, 6.07) is 7.18. The smallest absolute Gasteiger partial charge is 0.321 e. The predicted molar refractivity (Wildman–Crippen MR) is 91.0 cm³/mol. The standard InChI is InChI=1S/C17H12F3N5O3/c18-17(19,20)14-7-12(9-1-2-9)22-15-8-13(23-24(14)15)16(26)21-10-3-5-11(6-4-10)25(27)28/h3-9H,1-2H2,(H,21,26). The zero-order valence-electron chi connectivity index (χ0n) is 14.1. The molecule has 1 N–H and O–H groups in total. The van der Waals surface area contributed by atoms with Gasteiger partial charge in [-0.25, -0.2) is 9.50 Å². The van der Waals surface area contributed by atoms with Gasteiger partial charge in [0.05, 0.1) is 4.92 Å². The van der Waals surface area contributed by atoms with Gasteiger partial charge in [0, 0.05) is 35.5 Å². The second-order valence-corrected chi connectivity index (χ2v) is 6.40. The number of amides is 1. The van der Waals surface area contributed by atoms with Crippen molar-refractivity contribution in [2.24, 2.45) is 0 Å². The number of nitrogens with one attached hydrogen (secondary N) is 1. The number of benzene rings is 1. The van der Waals surface area contributed by atoms with Gasteiger partial charge in [-0.1, -0.05) is 0 Å². The van der Waals surface area contributed by atoms with E-state index in [9.17, 15) is 28.1 Å². The molecule has 4 rings (SSSR count). The molecule has 0 aliphatic heterocycles. The molecule has 1 aromatic carbocycles. The van der Waals surface area contributed by atoms with Gasteiger partial charge in [0.15, 0.2) is 11.3 Å². The maximum atomic E-state index is 13.4. The third-order valence-corrected chi connectivity index (χ3v) is 4.30. The Balaban J connectivity index is 1.66. The fourth-order valence-corrected chi connectivity index (χ4v) is 2.76. The Labute approximate surface area is 155 Å². The van der Waals surface area contributed by atoms with Crippen LogP contribution in [0.2, 0.25) is 0 Å². The number of carbonyl (C=O) groups excluding carboxylic acids is 1. The van der Waals surface area contributed by atoms with Crippen LogP contribution in [0, 0.1) is 10.1 Å². The van der Waals surface area contributed by atoms with E-state index in [2.05, 4.69) is 15.4 Å². The van der Waals surface area contributed by atoms with Gasteiger partial charge in [-0.05, 0) is 31.0 Å². The quantitative estimate of drug-likeness (QED) is 0.539. The molecular formula is C17H12F3N5O3. The summed E-state index contributed by atoms with van der Waals surface area (Å²) >= 11 is 0. The van der Waals surface area contributed by atoms with Gasteiger partial charge in [-0.2, -0.15) is 18.3 Å². The van der Waals surface area contributed by atoms with Crippen LogP contribution in [0.4, 0.5) is 24.5 Å². The van der Waals surface area contributed by atoms with Gasteiger partial charge in [0.2, 0.25) is 0 Å². The van der Waals surface area contributed by atoms with Crippen molar-refractivity contribution in [3.8, 4) is 0 Å². The number of anilines is 1. The Kier molecular flexibility index (Phi) is 4.02. The number of non-ortho nitro benzene ring substituents is 1. The lowest BCUT2D eigenvalue weighted by Gasteiger charge is -2.10. The van der Waals surface area contributed by atoms with Gasteiger partial charge in [0.1, 0.15) is 5.69 Å². The molecule has 1 amide bonds. The number of fused-ring (bicyclic) bond motifs is 1. The number of nitro benzene ring substituents is 1. The first-order chi connectivity index (χ1) is 13.2. The van der Waals surface area contributed by atoms with Gasteiger partial charge >= 0.3 is 6.18 Å². The van der Waals surface area contributed by atoms with Crippen molar-refractivity contribution >= 4 is 22.9 Å². The summed E-state index contributed by atoms with van der Waals surface area (Å²) < 4.78 is 40.8. The van der Waals surface area contributed by atoms with E-state index in [0.29, 0.717) is 10.2 Å². The molecule has 8 nitrogen and oxygen atoms in total. The first-order valence-corrected chi connectivity index (χ1v) is 8.26. The van der Waals surface area contributed by atoms with Crippen LogP contribution in [0.3, 0.4) is 0 Å². The first kappa shape index (κ1) is 17.9. The first-order valence-electron chi connectivity index (χ1n) is 8.26. The van der Waals surface area contributed by atoms with Gasteiger partial charge in [-0.15, -0.1) is 0 Å². The molecule has 2 heterocycles. The molecule has 28 heavy (non-hydrogen) atoms. The molecule has 0 bridgehead atoms. The highest BCUT2D eigenvalue weighted by molar-refractivity contribution is 6.03. The summed E-state index contributed by atoms with van der Waals surface area (Å²) in [5, 5.41) is 16.9. The minimum Gasteiger partial charge on any atom is -0.321 e. The van der Waals surface area contributed by atoms with Crippen molar-refractivity contribution in [2.75, 3.05) is 5.32 Å². The normalized spacial score (nSPS) is 14.2. The lowest BCUT2D eigenvalue weighted by Crippen LogP contribution is -2.16. The highest BCUT2D eigenvalue weighted by Crippen LogP contribution is 2.41. The number of nitro groups is 1. The van der Waals surface area contributed by atoms with E-state index >= 15 is 0 Å². The minimum atomic E-state index is -4.65. The maximum absolute atomic E-state index is 13.4. The summed E-state index contributed by atoms with van der Waals surface area (Å²) in [6.07, 6.45) is -3.09. The Bertz CT molecular complexity index is 1090. The van der Waals surface area contributed by atoms with Crippen LogP contribution in [0.25, 0.3) is 5.65 Å². The van der Waals surface area contributed by atoms with Crippen LogP contribution in [-0.2, 0) is 6.18 Å². The molecule has 1 aliphatic rings. The predicted octanol–water partition coefficient (Wildman–Crippen LogP) is 3.79. The van der Waals surface area contributed by atoms with Crippen LogP contribution in [-0.4, -0.2) is 25.4 Å². The van der Waals surface area contributed by atoms with Crippen molar-refractivity contribution in [2.45, 2.75) is 24.9 Å². The maximum Gasteiger partial charge on any atom is 0.433 e. The summed E-state index contributed by atoms with van der Waals surface area (Å²) in [5.41, 5.74) is -0.876. The molecule has 0 radical (unpaired) electrons. The Hall–Kier alpha value is -3.50. The van der Waals surface area contributed by atoms with Crippen LogP contribution in [0.1, 0.15) is 40.6 Å². The van der Waals surface area contributed by atoms with E-state index in [0.717, 1.165) is 18.9 Å². The number of halogens is 3. The SMILES string of the molecule is O=C(Nc1ccc([N+](=O)[O-])cc1)c1cc2nc(C3CC3)cc(C(F)(F)F)n2n1. The van der Waals surface area contributed by atoms with Crippen LogP contribution < -0.4 is 5.32 Å². The van der Waals surface area contributed by atoms with E-state index in [4.69, 9.17) is 0 Å². The number of carbonyl (C=O) groups is 1. The van der Waals surface area contributed by atoms with Crippen LogP contribution in [0.5, 0.6) is 0 Å². The Morgan fingerprint density at radius 1 is 1.21 bits per heavy atom. The summed E-state index contributed by atoms with van der Waals surface area (Å²) in [7, 11) is 0. The number of hydrogen-bond acceptors (Lipinski definition) is 5. The molecule has 11 heteroatoms. The van der Waals surface area contributed by atoms with Gasteiger partial charge in [-0.3, -0.25) is 14.9 Å². The van der Waals surface area contributed by atoms with Crippen molar-refractivity contribution in [1.29, 1.82) is 0 Å². The van der Waals surface area contributed by atoms with Gasteiger partial charge < -0.3 is 5.32 Å². The second-order valence-electron chi connectivity index (χ2n) is 6.40. The van der Waals surface area contributed by atoms with E-state index in [-0.39, 0.29) is 28.6 Å². The third-order valence-electron chi connectivity index (χ3n) is 4.30. The number of aromatic nitrogens is 3. The largest absolute Gasteiger partial charge is 0.433 e. The monoisotopic (exact) mass is 391 g/mol. The molecule has 1 aliphatic carbocycles. The molecule has 3 aromatic rings. The highest BCUT2D eigenvalue weighted by Gasteiger charge is 2.37. The molecule has 144 valence electrons. The number of rotatable bonds is 4. The summed E-state index contributed by atoms with van der Waals surface area (Å²) in [4.78, 5) is 26.6. The van der Waals surface area contributed by atoms with Crippen molar-refractivity contribution < 1.29 is 22.9 Å². The van der Waals surface area contributed by atoms with Crippen molar-refractivity contribution in [3.63, 3.8) is 0 Å². The lowest BCUT2D eigenvalue weighted by molar-refractivity contribution is -0.384. The average Bonchev–Trinajstić information content (AvgIpc) is 3.39. The zero-order chi connectivity index (χ0) is 20.1. The Morgan fingerprint density at radius 3 is 2.46 bits per heavy atom. The number of hydrogen-bond donors (Lipinski definition) is 1. The highest BCUT2D eigenvalue weighted by atomic mass is 19.4. The molecule has 1 fully saturated rings. The molecule has 2 aromatic heterocycles. The number of nitrogens with zero attached hydrogens (tertiary/aromatic N) is 4. The topological polar surface area (TPSA) is 102 Å². The van der Waals surface area contributed by atoms with E-state index < -0.39 is 22.7 Å². The van der Waals surface area contributed by atoms with Crippen molar-refractivity contribution in [1.82, 2.24) is 14.6 Å². The van der Waals surface area contributed by atoms with Crippen LogP contribution in [0.15, 0.2) is 36.4 Å². The second kappa shape index (κ2) is 6.29. The van der Waals surface area contributed by atoms with Crippen LogP contribution >= 0.6 is 0 Å². The van der Waals surface area contributed by atoms with Gasteiger partial charge in [0.25, 0.3) is 11.6 Å². The van der Waals surface area contributed by atoms with Crippen molar-refractivity contribution in [3.05, 3.63) is 63.6 Å². The third kappa shape index (κ3) is 3.38. The Morgan fingerprint density at radius 2 is 1.89 bits per heavy atom. The summed E-state index contributed by atoms with van der Waals surface area (Å²) in [5.74, 6) is -0.751. The molecule has 0 atom stereocenters. The molecular weight excluding hydrogens is 379 g/mol. The molecule has 1 saturated carbocycles. The molecule has 0 saturated heterocycles. The van der Waals surface area contributed by atoms with E-state index in [1.54, 1.807) is 0 Å². The lowest BCUT2D eigenvalue weighted by atomic mass is 10.2. The fraction of sp³-hybridized carbons (Fsp3) is 0.235. The number of alkyl halides is 3. The van der Waals surface area contributed by atoms with E-state index in [1.165, 1.54) is 30.3 Å². The van der Waals surface area contributed by atoms with E-state index in [1.807, 2.05) is 0 Å². The zero-order valence-corrected chi connectivity index (χ0v) is 14.1. The fourth-order valence-electron chi connectivity index (χ4n) is 2.76. The minimum absolute atomic E-state index is 0.00149. The molecule has 0 spiro atoms. The average molecular weight is 391 g/mol. The summed E-state index contributed by atoms with van der Waals surface area (Å²) in [6.45, 7) is 0.